The van der Waals surface area contributed by atoms with Gasteiger partial charge in [-0.1, -0.05) is 6.07 Å². The van der Waals surface area contributed by atoms with Gasteiger partial charge >= 0.3 is 0 Å². The van der Waals surface area contributed by atoms with Crippen LogP contribution < -0.4 is 0 Å². The van der Waals surface area contributed by atoms with Crippen molar-refractivity contribution in [2.24, 2.45) is 0 Å². The number of benzene rings is 1. The fourth-order valence-corrected chi connectivity index (χ4v) is 2.99. The number of carbonyl (C=O) groups excluding carboxylic acids is 1. The SMILES string of the molecule is CN(O)C(C)(C)c1ccc2c(c1)C(=O)CCCS2. The highest BCUT2D eigenvalue weighted by Gasteiger charge is 2.27. The molecule has 1 aliphatic heterocycles. The maximum absolute atomic E-state index is 12.1. The van der Waals surface area contributed by atoms with E-state index in [0.717, 1.165) is 28.2 Å². The van der Waals surface area contributed by atoms with Crippen LogP contribution in [0.3, 0.4) is 0 Å². The van der Waals surface area contributed by atoms with Crippen molar-refractivity contribution in [1.29, 1.82) is 0 Å². The summed E-state index contributed by atoms with van der Waals surface area (Å²) in [4.78, 5) is 13.1. The van der Waals surface area contributed by atoms with Crippen molar-refractivity contribution in [3.8, 4) is 0 Å². The molecule has 0 bridgehead atoms. The largest absolute Gasteiger partial charge is 0.313 e. The maximum Gasteiger partial charge on any atom is 0.164 e. The molecule has 1 N–H and O–H groups in total. The summed E-state index contributed by atoms with van der Waals surface area (Å²) in [7, 11) is 1.63. The molecule has 0 radical (unpaired) electrons. The van der Waals surface area contributed by atoms with E-state index in [2.05, 4.69) is 0 Å². The molecule has 1 heterocycles. The number of Topliss-reactive ketones (excluding diaryl/α,β-unsaturated/α-hetero) is 1. The lowest BCUT2D eigenvalue weighted by molar-refractivity contribution is -0.143. The Morgan fingerprint density at radius 2 is 2.11 bits per heavy atom. The van der Waals surface area contributed by atoms with Crippen molar-refractivity contribution in [3.63, 3.8) is 0 Å². The minimum Gasteiger partial charge on any atom is -0.313 e. The molecule has 2 rings (SSSR count). The quantitative estimate of drug-likeness (QED) is 0.833. The number of fused-ring (bicyclic) bond motifs is 1. The minimum atomic E-state index is -0.494. The third kappa shape index (κ3) is 2.46. The first-order valence-corrected chi connectivity index (χ1v) is 7.14. The first-order chi connectivity index (χ1) is 8.43. The van der Waals surface area contributed by atoms with E-state index < -0.39 is 5.54 Å². The number of thioether (sulfide) groups is 1. The van der Waals surface area contributed by atoms with Gasteiger partial charge in [0.15, 0.2) is 5.78 Å². The summed E-state index contributed by atoms with van der Waals surface area (Å²) < 4.78 is 0. The molecule has 1 aromatic rings. The van der Waals surface area contributed by atoms with Gasteiger partial charge in [0.1, 0.15) is 0 Å². The second kappa shape index (κ2) is 5.03. The second-order valence-corrected chi connectivity index (χ2v) is 6.31. The van der Waals surface area contributed by atoms with Crippen LogP contribution in [-0.4, -0.2) is 28.9 Å². The van der Waals surface area contributed by atoms with Crippen molar-refractivity contribution in [2.45, 2.75) is 37.1 Å². The zero-order valence-electron chi connectivity index (χ0n) is 11.1. The smallest absolute Gasteiger partial charge is 0.164 e. The van der Waals surface area contributed by atoms with Crippen LogP contribution in [0.1, 0.15) is 42.6 Å². The molecule has 18 heavy (non-hydrogen) atoms. The van der Waals surface area contributed by atoms with E-state index in [1.54, 1.807) is 18.8 Å². The van der Waals surface area contributed by atoms with E-state index in [1.165, 1.54) is 5.06 Å². The number of carbonyl (C=O) groups is 1. The Labute approximate surface area is 112 Å². The van der Waals surface area contributed by atoms with Crippen LogP contribution in [0.5, 0.6) is 0 Å². The summed E-state index contributed by atoms with van der Waals surface area (Å²) in [6.07, 6.45) is 1.57. The Hall–Kier alpha value is -0.840. The fraction of sp³-hybridized carbons (Fsp3) is 0.500. The van der Waals surface area contributed by atoms with Crippen molar-refractivity contribution in [1.82, 2.24) is 5.06 Å². The van der Waals surface area contributed by atoms with Crippen LogP contribution in [0.25, 0.3) is 0 Å². The van der Waals surface area contributed by atoms with E-state index >= 15 is 0 Å². The molecule has 0 unspecified atom stereocenters. The molecular formula is C14H19NO2S. The van der Waals surface area contributed by atoms with E-state index in [1.807, 2.05) is 32.0 Å². The molecule has 0 saturated heterocycles. The number of nitrogens with zero attached hydrogens (tertiary/aromatic N) is 1. The van der Waals surface area contributed by atoms with Crippen molar-refractivity contribution < 1.29 is 10.0 Å². The summed E-state index contributed by atoms with van der Waals surface area (Å²) in [5.41, 5.74) is 1.28. The normalized spacial score (nSPS) is 16.6. The Bertz CT molecular complexity index is 469. The van der Waals surface area contributed by atoms with Gasteiger partial charge in [-0.2, -0.15) is 5.06 Å². The molecule has 0 amide bonds. The highest BCUT2D eigenvalue weighted by Crippen LogP contribution is 2.33. The number of hydrogen-bond donors (Lipinski definition) is 1. The first kappa shape index (κ1) is 13.6. The lowest BCUT2D eigenvalue weighted by atomic mass is 9.91. The Morgan fingerprint density at radius 3 is 2.78 bits per heavy atom. The van der Waals surface area contributed by atoms with Crippen LogP contribution in [0.2, 0.25) is 0 Å². The molecule has 0 spiro atoms. The molecule has 4 heteroatoms. The molecule has 3 nitrogen and oxygen atoms in total. The molecule has 0 aliphatic carbocycles. The van der Waals surface area contributed by atoms with Gasteiger partial charge in [0.25, 0.3) is 0 Å². The first-order valence-electron chi connectivity index (χ1n) is 6.16. The van der Waals surface area contributed by atoms with Gasteiger partial charge in [-0.25, -0.2) is 0 Å². The third-order valence-corrected chi connectivity index (χ3v) is 4.76. The van der Waals surface area contributed by atoms with E-state index in [-0.39, 0.29) is 5.78 Å². The number of hydrogen-bond acceptors (Lipinski definition) is 4. The molecule has 0 atom stereocenters. The highest BCUT2D eigenvalue weighted by molar-refractivity contribution is 7.99. The van der Waals surface area contributed by atoms with Gasteiger partial charge in [0, 0.05) is 23.9 Å². The molecule has 1 aliphatic rings. The monoisotopic (exact) mass is 265 g/mol. The summed E-state index contributed by atoms with van der Waals surface area (Å²) in [5, 5.41) is 10.9. The van der Waals surface area contributed by atoms with Crippen LogP contribution in [0.15, 0.2) is 23.1 Å². The fourth-order valence-electron chi connectivity index (χ4n) is 1.99. The highest BCUT2D eigenvalue weighted by atomic mass is 32.2. The lowest BCUT2D eigenvalue weighted by Gasteiger charge is -2.31. The summed E-state index contributed by atoms with van der Waals surface area (Å²) in [6, 6.07) is 5.93. The molecule has 0 aromatic heterocycles. The average Bonchev–Trinajstić information content (AvgIpc) is 2.51. The molecule has 0 saturated carbocycles. The Morgan fingerprint density at radius 1 is 1.39 bits per heavy atom. The van der Waals surface area contributed by atoms with Gasteiger partial charge in [-0.15, -0.1) is 11.8 Å². The zero-order chi connectivity index (χ0) is 13.3. The second-order valence-electron chi connectivity index (χ2n) is 5.17. The van der Waals surface area contributed by atoms with Gasteiger partial charge in [-0.3, -0.25) is 4.79 Å². The molecule has 0 fully saturated rings. The third-order valence-electron chi connectivity index (χ3n) is 3.60. The van der Waals surface area contributed by atoms with Gasteiger partial charge in [-0.05, 0) is 43.7 Å². The number of ketones is 1. The lowest BCUT2D eigenvalue weighted by Crippen LogP contribution is -2.36. The van der Waals surface area contributed by atoms with E-state index in [4.69, 9.17) is 0 Å². The van der Waals surface area contributed by atoms with Crippen molar-refractivity contribution >= 4 is 17.5 Å². The van der Waals surface area contributed by atoms with Crippen LogP contribution in [0, 0.1) is 0 Å². The predicted molar refractivity (Wildman–Crippen MR) is 73.3 cm³/mol. The Balaban J connectivity index is 2.46. The van der Waals surface area contributed by atoms with Crippen molar-refractivity contribution in [3.05, 3.63) is 29.3 Å². The van der Waals surface area contributed by atoms with Gasteiger partial charge in [0.2, 0.25) is 0 Å². The molecular weight excluding hydrogens is 246 g/mol. The number of rotatable bonds is 2. The average molecular weight is 265 g/mol. The summed E-state index contributed by atoms with van der Waals surface area (Å²) in [6.45, 7) is 3.87. The van der Waals surface area contributed by atoms with Gasteiger partial charge < -0.3 is 5.21 Å². The van der Waals surface area contributed by atoms with Crippen LogP contribution in [-0.2, 0) is 5.54 Å². The van der Waals surface area contributed by atoms with Gasteiger partial charge in [0.05, 0.1) is 5.54 Å². The minimum absolute atomic E-state index is 0.216. The summed E-state index contributed by atoms with van der Waals surface area (Å²) >= 11 is 1.74. The van der Waals surface area contributed by atoms with E-state index in [0.29, 0.717) is 6.42 Å². The molecule has 1 aromatic carbocycles. The van der Waals surface area contributed by atoms with Crippen LogP contribution >= 0.6 is 11.8 Å². The van der Waals surface area contributed by atoms with Crippen molar-refractivity contribution in [2.75, 3.05) is 12.8 Å². The topological polar surface area (TPSA) is 40.5 Å². The standard InChI is InChI=1S/C14H19NO2S/c1-14(2,15(3)17)10-6-7-13-11(9-10)12(16)5-4-8-18-13/h6-7,9,17H,4-5,8H2,1-3H3. The Kier molecular flexibility index (Phi) is 3.80. The maximum atomic E-state index is 12.1. The molecule has 98 valence electrons. The summed E-state index contributed by atoms with van der Waals surface area (Å²) in [5.74, 6) is 1.22. The van der Waals surface area contributed by atoms with E-state index in [9.17, 15) is 10.0 Å². The zero-order valence-corrected chi connectivity index (χ0v) is 11.9. The van der Waals surface area contributed by atoms with Crippen LogP contribution in [0.4, 0.5) is 0 Å². The number of hydroxylamine groups is 2. The predicted octanol–water partition coefficient (Wildman–Crippen LogP) is 3.31.